The van der Waals surface area contributed by atoms with Gasteiger partial charge in [0.15, 0.2) is 0 Å². The molecule has 2 heterocycles. The van der Waals surface area contributed by atoms with E-state index in [1.165, 1.54) is 33.6 Å². The van der Waals surface area contributed by atoms with Crippen LogP contribution in [-0.4, -0.2) is 26.2 Å². The lowest BCUT2D eigenvalue weighted by Crippen LogP contribution is -2.29. The topological polar surface area (TPSA) is 15.7 Å². The Hall–Kier alpha value is -2.59. The first-order valence-corrected chi connectivity index (χ1v) is 12.8. The van der Waals surface area contributed by atoms with Crippen molar-refractivity contribution in [1.29, 1.82) is 0 Å². The number of nitrogens with zero attached hydrogens (tertiary/aromatic N) is 2. The number of fused-ring (bicyclic) bond motifs is 6. The molecule has 2 aliphatic heterocycles. The first-order chi connectivity index (χ1) is 15.7. The smallest absolute Gasteiger partial charge is 0.134 e. The number of hydrogen-bond donors (Lipinski definition) is 0. The molecule has 166 valence electrons. The van der Waals surface area contributed by atoms with Gasteiger partial charge in [0.1, 0.15) is 11.5 Å². The van der Waals surface area contributed by atoms with Crippen molar-refractivity contribution in [3.63, 3.8) is 0 Å². The zero-order valence-electron chi connectivity index (χ0n) is 19.5. The Morgan fingerprint density at radius 2 is 1.25 bits per heavy atom. The van der Waals surface area contributed by atoms with Crippen LogP contribution < -0.4 is 14.5 Å². The summed E-state index contributed by atoms with van der Waals surface area (Å²) in [4.78, 5) is 4.77. The van der Waals surface area contributed by atoms with Gasteiger partial charge in [-0.05, 0) is 51.0 Å². The second-order valence-electron chi connectivity index (χ2n) is 8.43. The van der Waals surface area contributed by atoms with Crippen LogP contribution in [0.3, 0.4) is 0 Å². The number of ether oxygens (including phenoxy) is 1. The maximum atomic E-state index is 6.67. The molecule has 0 amide bonds. The zero-order chi connectivity index (χ0) is 22.3. The highest BCUT2D eigenvalue weighted by Crippen LogP contribution is 2.62. The standard InChI is InChI=1S/C28H32N2OS/c1-5-29(6-2)21-13-15-24-26(17-21)31-27-18-22(30(7-3)8-4)14-16-25(27)28(24)23-12-10-9-11-20(23)19-32-28/h9-18H,5-8,19H2,1-4H3. The Labute approximate surface area is 196 Å². The van der Waals surface area contributed by atoms with E-state index in [0.717, 1.165) is 43.4 Å². The van der Waals surface area contributed by atoms with E-state index in [2.05, 4.69) is 98.2 Å². The molecule has 0 unspecified atom stereocenters. The second kappa shape index (κ2) is 8.40. The molecule has 3 nitrogen and oxygen atoms in total. The van der Waals surface area contributed by atoms with Crippen LogP contribution >= 0.6 is 11.8 Å². The minimum Gasteiger partial charge on any atom is -0.456 e. The molecule has 0 saturated heterocycles. The molecule has 0 bridgehead atoms. The van der Waals surface area contributed by atoms with Crippen LogP contribution in [0.2, 0.25) is 0 Å². The predicted octanol–water partition coefficient (Wildman–Crippen LogP) is 7.02. The molecule has 0 atom stereocenters. The van der Waals surface area contributed by atoms with Crippen LogP contribution in [0.25, 0.3) is 0 Å². The zero-order valence-corrected chi connectivity index (χ0v) is 20.3. The minimum absolute atomic E-state index is 0.219. The monoisotopic (exact) mass is 444 g/mol. The first kappa shape index (κ1) is 21.3. The van der Waals surface area contributed by atoms with Crippen molar-refractivity contribution in [3.05, 3.63) is 82.9 Å². The molecule has 0 saturated carbocycles. The van der Waals surface area contributed by atoms with Gasteiger partial charge in [-0.25, -0.2) is 0 Å². The predicted molar refractivity (Wildman–Crippen MR) is 138 cm³/mol. The fourth-order valence-electron chi connectivity index (χ4n) is 5.31. The molecular formula is C28H32N2OS. The summed E-state index contributed by atoms with van der Waals surface area (Å²) < 4.78 is 6.45. The normalized spacial score (nSPS) is 15.0. The summed E-state index contributed by atoms with van der Waals surface area (Å²) in [7, 11) is 0. The fourth-order valence-corrected chi connectivity index (χ4v) is 6.93. The van der Waals surface area contributed by atoms with Gasteiger partial charge in [0.05, 0.1) is 4.75 Å². The molecule has 1 spiro atoms. The summed E-state index contributed by atoms with van der Waals surface area (Å²) in [6, 6.07) is 22.6. The van der Waals surface area contributed by atoms with Crippen molar-refractivity contribution >= 4 is 23.1 Å². The number of anilines is 2. The van der Waals surface area contributed by atoms with Crippen molar-refractivity contribution < 1.29 is 4.74 Å². The molecule has 3 aromatic carbocycles. The Morgan fingerprint density at radius 1 is 0.719 bits per heavy atom. The van der Waals surface area contributed by atoms with Gasteiger partial charge in [0, 0.05) is 66.6 Å². The summed E-state index contributed by atoms with van der Waals surface area (Å²) in [6.45, 7) is 12.8. The summed E-state index contributed by atoms with van der Waals surface area (Å²) >= 11 is 2.02. The number of hydrogen-bond acceptors (Lipinski definition) is 4. The Morgan fingerprint density at radius 3 is 1.78 bits per heavy atom. The number of rotatable bonds is 6. The maximum Gasteiger partial charge on any atom is 0.134 e. The van der Waals surface area contributed by atoms with Crippen LogP contribution in [0.1, 0.15) is 49.9 Å². The van der Waals surface area contributed by atoms with E-state index in [0.29, 0.717) is 0 Å². The van der Waals surface area contributed by atoms with E-state index in [4.69, 9.17) is 4.74 Å². The number of thioether (sulfide) groups is 1. The Bertz CT molecular complexity index is 1070. The maximum absolute atomic E-state index is 6.67. The van der Waals surface area contributed by atoms with Gasteiger partial charge in [-0.15, -0.1) is 11.8 Å². The van der Waals surface area contributed by atoms with Gasteiger partial charge in [0.2, 0.25) is 0 Å². The van der Waals surface area contributed by atoms with Crippen LogP contribution in [-0.2, 0) is 10.5 Å². The van der Waals surface area contributed by atoms with E-state index in [1.54, 1.807) is 0 Å². The third-order valence-electron chi connectivity index (χ3n) is 7.01. The van der Waals surface area contributed by atoms with Gasteiger partial charge in [-0.2, -0.15) is 0 Å². The molecule has 0 aromatic heterocycles. The molecular weight excluding hydrogens is 412 g/mol. The van der Waals surface area contributed by atoms with Crippen molar-refractivity contribution in [2.24, 2.45) is 0 Å². The Kier molecular flexibility index (Phi) is 5.58. The van der Waals surface area contributed by atoms with Gasteiger partial charge in [-0.3, -0.25) is 0 Å². The van der Waals surface area contributed by atoms with E-state index >= 15 is 0 Å². The van der Waals surface area contributed by atoms with Gasteiger partial charge in [-0.1, -0.05) is 36.4 Å². The largest absolute Gasteiger partial charge is 0.456 e. The lowest BCUT2D eigenvalue weighted by atomic mass is 9.80. The Balaban J connectivity index is 1.73. The van der Waals surface area contributed by atoms with E-state index in [9.17, 15) is 0 Å². The van der Waals surface area contributed by atoms with Crippen LogP contribution in [0.4, 0.5) is 11.4 Å². The summed E-state index contributed by atoms with van der Waals surface area (Å²) in [6.07, 6.45) is 0. The van der Waals surface area contributed by atoms with Gasteiger partial charge < -0.3 is 14.5 Å². The quantitative estimate of drug-likeness (QED) is 0.406. The van der Waals surface area contributed by atoms with Crippen molar-refractivity contribution in [2.45, 2.75) is 38.2 Å². The van der Waals surface area contributed by atoms with Crippen molar-refractivity contribution in [3.8, 4) is 11.5 Å². The second-order valence-corrected chi connectivity index (χ2v) is 9.62. The molecule has 0 aliphatic carbocycles. The third kappa shape index (κ3) is 3.11. The lowest BCUT2D eigenvalue weighted by Gasteiger charge is -2.38. The number of benzene rings is 3. The van der Waals surface area contributed by atoms with Crippen LogP contribution in [0.15, 0.2) is 60.7 Å². The summed E-state index contributed by atoms with van der Waals surface area (Å²) in [5.41, 5.74) is 7.82. The van der Waals surface area contributed by atoms with Crippen LogP contribution in [0, 0.1) is 0 Å². The molecule has 0 fully saturated rings. The van der Waals surface area contributed by atoms with Crippen LogP contribution in [0.5, 0.6) is 11.5 Å². The highest BCUT2D eigenvalue weighted by molar-refractivity contribution is 8.00. The van der Waals surface area contributed by atoms with E-state index < -0.39 is 0 Å². The average Bonchev–Trinajstić information content (AvgIpc) is 3.21. The SMILES string of the molecule is CCN(CC)c1ccc2c(c1)Oc1cc(N(CC)CC)ccc1C21SCc2ccccc21. The van der Waals surface area contributed by atoms with E-state index in [1.807, 2.05) is 11.8 Å². The van der Waals surface area contributed by atoms with E-state index in [-0.39, 0.29) is 4.75 Å². The molecule has 3 aromatic rings. The molecule has 5 rings (SSSR count). The molecule has 2 aliphatic rings. The lowest BCUT2D eigenvalue weighted by molar-refractivity contribution is 0.448. The highest BCUT2D eigenvalue weighted by atomic mass is 32.2. The molecule has 32 heavy (non-hydrogen) atoms. The molecule has 0 N–H and O–H groups in total. The fraction of sp³-hybridized carbons (Fsp3) is 0.357. The molecule has 0 radical (unpaired) electrons. The third-order valence-corrected chi connectivity index (χ3v) is 8.56. The van der Waals surface area contributed by atoms with Crippen molar-refractivity contribution in [1.82, 2.24) is 0 Å². The average molecular weight is 445 g/mol. The highest BCUT2D eigenvalue weighted by Gasteiger charge is 2.48. The van der Waals surface area contributed by atoms with Gasteiger partial charge in [0.25, 0.3) is 0 Å². The van der Waals surface area contributed by atoms with Gasteiger partial charge >= 0.3 is 0 Å². The molecule has 4 heteroatoms. The summed E-state index contributed by atoms with van der Waals surface area (Å²) in [5, 5.41) is 0. The summed E-state index contributed by atoms with van der Waals surface area (Å²) in [5.74, 6) is 3.00. The first-order valence-electron chi connectivity index (χ1n) is 11.8. The minimum atomic E-state index is -0.219. The van der Waals surface area contributed by atoms with Crippen molar-refractivity contribution in [2.75, 3.05) is 36.0 Å².